The summed E-state index contributed by atoms with van der Waals surface area (Å²) in [5.74, 6) is 0.890. The minimum absolute atomic E-state index is 0.0694. The standard InChI is InChI=1S/C17H19N7O/c1-10(2)23-7-5-13(20-23)12-9-24-14(11(12)3)17(25)19-15(21-24)16-18-6-8-22(16)4/h5-10H,1-4H3,(H,19,21,25). The van der Waals surface area contributed by atoms with Crippen molar-refractivity contribution in [1.29, 1.82) is 0 Å². The summed E-state index contributed by atoms with van der Waals surface area (Å²) < 4.78 is 5.36. The molecule has 0 spiro atoms. The zero-order chi connectivity index (χ0) is 17.7. The van der Waals surface area contributed by atoms with Gasteiger partial charge in [-0.15, -0.1) is 5.10 Å². The Balaban J connectivity index is 1.89. The molecule has 0 aromatic carbocycles. The molecule has 8 nitrogen and oxygen atoms in total. The fourth-order valence-electron chi connectivity index (χ4n) is 2.91. The molecule has 0 aliphatic rings. The number of aromatic nitrogens is 7. The third kappa shape index (κ3) is 2.37. The van der Waals surface area contributed by atoms with Crippen LogP contribution in [0.4, 0.5) is 0 Å². The molecule has 0 bridgehead atoms. The second kappa shape index (κ2) is 5.44. The number of fused-ring (bicyclic) bond motifs is 1. The van der Waals surface area contributed by atoms with Gasteiger partial charge in [-0.25, -0.2) is 9.50 Å². The van der Waals surface area contributed by atoms with Gasteiger partial charge in [0, 0.05) is 43.4 Å². The first-order valence-electron chi connectivity index (χ1n) is 8.08. The summed E-state index contributed by atoms with van der Waals surface area (Å²) in [7, 11) is 1.86. The first-order valence-corrected chi connectivity index (χ1v) is 8.08. The van der Waals surface area contributed by atoms with E-state index in [9.17, 15) is 5.11 Å². The van der Waals surface area contributed by atoms with Crippen LogP contribution in [0.25, 0.3) is 28.4 Å². The van der Waals surface area contributed by atoms with Gasteiger partial charge in [-0.05, 0) is 32.4 Å². The van der Waals surface area contributed by atoms with Crippen LogP contribution in [0.1, 0.15) is 25.5 Å². The van der Waals surface area contributed by atoms with Gasteiger partial charge < -0.3 is 9.67 Å². The summed E-state index contributed by atoms with van der Waals surface area (Å²) in [6, 6.07) is 2.25. The highest BCUT2D eigenvalue weighted by molar-refractivity contribution is 5.77. The lowest BCUT2D eigenvalue weighted by Gasteiger charge is -2.04. The van der Waals surface area contributed by atoms with Crippen molar-refractivity contribution in [2.75, 3.05) is 0 Å². The van der Waals surface area contributed by atoms with Gasteiger partial charge in [0.1, 0.15) is 5.52 Å². The second-order valence-electron chi connectivity index (χ2n) is 6.36. The summed E-state index contributed by atoms with van der Waals surface area (Å²) in [4.78, 5) is 8.46. The van der Waals surface area contributed by atoms with Crippen molar-refractivity contribution < 1.29 is 5.11 Å². The molecule has 0 atom stereocenters. The van der Waals surface area contributed by atoms with Crippen LogP contribution in [0.3, 0.4) is 0 Å². The first kappa shape index (κ1) is 15.4. The summed E-state index contributed by atoms with van der Waals surface area (Å²) in [6.45, 7) is 6.09. The van der Waals surface area contributed by atoms with Crippen LogP contribution in [0.5, 0.6) is 5.88 Å². The predicted molar refractivity (Wildman–Crippen MR) is 93.2 cm³/mol. The van der Waals surface area contributed by atoms with Gasteiger partial charge in [-0.1, -0.05) is 0 Å². The molecule has 0 saturated carbocycles. The van der Waals surface area contributed by atoms with Gasteiger partial charge in [0.15, 0.2) is 5.82 Å². The summed E-state index contributed by atoms with van der Waals surface area (Å²) >= 11 is 0. The second-order valence-corrected chi connectivity index (χ2v) is 6.36. The fraction of sp³-hybridized carbons (Fsp3) is 0.294. The Morgan fingerprint density at radius 2 is 1.96 bits per heavy atom. The van der Waals surface area contributed by atoms with E-state index in [0.29, 0.717) is 17.2 Å². The smallest absolute Gasteiger partial charge is 0.240 e. The van der Waals surface area contributed by atoms with E-state index in [2.05, 4.69) is 34.0 Å². The molecule has 4 heterocycles. The Morgan fingerprint density at radius 3 is 2.60 bits per heavy atom. The molecular formula is C17H19N7O. The number of imidazole rings is 1. The van der Waals surface area contributed by atoms with E-state index in [1.54, 1.807) is 10.7 Å². The van der Waals surface area contributed by atoms with Crippen LogP contribution in [0.15, 0.2) is 30.9 Å². The van der Waals surface area contributed by atoms with Crippen molar-refractivity contribution in [2.45, 2.75) is 26.8 Å². The lowest BCUT2D eigenvalue weighted by Crippen LogP contribution is -2.01. The SMILES string of the molecule is Cc1c(-c2ccn(C(C)C)n2)cn2nc(-c3nccn3C)nc(O)c12. The van der Waals surface area contributed by atoms with Crippen molar-refractivity contribution in [3.8, 4) is 28.8 Å². The lowest BCUT2D eigenvalue weighted by molar-refractivity contribution is 0.454. The van der Waals surface area contributed by atoms with E-state index in [1.807, 2.05) is 47.9 Å². The monoisotopic (exact) mass is 337 g/mol. The maximum Gasteiger partial charge on any atom is 0.240 e. The molecule has 1 N–H and O–H groups in total. The zero-order valence-electron chi connectivity index (χ0n) is 14.5. The highest BCUT2D eigenvalue weighted by Gasteiger charge is 2.19. The quantitative estimate of drug-likeness (QED) is 0.621. The Bertz CT molecular complexity index is 1070. The number of aryl methyl sites for hydroxylation is 2. The largest absolute Gasteiger partial charge is 0.492 e. The topological polar surface area (TPSA) is 86.1 Å². The van der Waals surface area contributed by atoms with Crippen molar-refractivity contribution in [3.63, 3.8) is 0 Å². The molecule has 0 radical (unpaired) electrons. The van der Waals surface area contributed by atoms with Crippen LogP contribution < -0.4 is 0 Å². The number of hydrogen-bond donors (Lipinski definition) is 1. The van der Waals surface area contributed by atoms with Crippen LogP contribution in [-0.4, -0.2) is 39.0 Å². The minimum Gasteiger partial charge on any atom is -0.492 e. The van der Waals surface area contributed by atoms with E-state index in [0.717, 1.165) is 16.8 Å². The van der Waals surface area contributed by atoms with Gasteiger partial charge in [0.05, 0.1) is 5.69 Å². The predicted octanol–water partition coefficient (Wildman–Crippen LogP) is 2.59. The van der Waals surface area contributed by atoms with E-state index in [-0.39, 0.29) is 11.9 Å². The van der Waals surface area contributed by atoms with Crippen LogP contribution in [0.2, 0.25) is 0 Å². The fourth-order valence-corrected chi connectivity index (χ4v) is 2.91. The molecule has 25 heavy (non-hydrogen) atoms. The normalized spacial score (nSPS) is 11.7. The maximum atomic E-state index is 10.4. The number of aromatic hydroxyl groups is 1. The molecule has 128 valence electrons. The van der Waals surface area contributed by atoms with Gasteiger partial charge in [0.25, 0.3) is 0 Å². The Kier molecular flexibility index (Phi) is 3.34. The maximum absolute atomic E-state index is 10.4. The van der Waals surface area contributed by atoms with Crippen LogP contribution in [-0.2, 0) is 7.05 Å². The third-order valence-corrected chi connectivity index (χ3v) is 4.30. The molecule has 8 heteroatoms. The molecule has 0 amide bonds. The average molecular weight is 337 g/mol. The highest BCUT2D eigenvalue weighted by atomic mass is 16.3. The summed E-state index contributed by atoms with van der Waals surface area (Å²) in [5.41, 5.74) is 3.22. The Hall–Kier alpha value is -3.16. The number of rotatable bonds is 3. The summed E-state index contributed by atoms with van der Waals surface area (Å²) in [6.07, 6.45) is 7.30. The Morgan fingerprint density at radius 1 is 1.16 bits per heavy atom. The molecular weight excluding hydrogens is 318 g/mol. The molecule has 4 rings (SSSR count). The third-order valence-electron chi connectivity index (χ3n) is 4.30. The van der Waals surface area contributed by atoms with E-state index >= 15 is 0 Å². The molecule has 0 aliphatic carbocycles. The molecule has 0 aliphatic heterocycles. The lowest BCUT2D eigenvalue weighted by atomic mass is 10.1. The van der Waals surface area contributed by atoms with Crippen molar-refractivity contribution in [2.24, 2.45) is 7.05 Å². The van der Waals surface area contributed by atoms with Gasteiger partial charge >= 0.3 is 0 Å². The zero-order valence-corrected chi connectivity index (χ0v) is 14.5. The van der Waals surface area contributed by atoms with Crippen LogP contribution in [0, 0.1) is 6.92 Å². The van der Waals surface area contributed by atoms with E-state index < -0.39 is 0 Å². The van der Waals surface area contributed by atoms with Gasteiger partial charge in [-0.3, -0.25) is 4.68 Å². The molecule has 0 saturated heterocycles. The highest BCUT2D eigenvalue weighted by Crippen LogP contribution is 2.31. The first-order chi connectivity index (χ1) is 12.0. The van der Waals surface area contributed by atoms with Gasteiger partial charge in [0.2, 0.25) is 11.7 Å². The Labute approximate surface area is 144 Å². The van der Waals surface area contributed by atoms with Crippen molar-refractivity contribution in [3.05, 3.63) is 36.4 Å². The average Bonchev–Trinajstić information content (AvgIpc) is 3.25. The van der Waals surface area contributed by atoms with Crippen LogP contribution >= 0.6 is 0 Å². The summed E-state index contributed by atoms with van der Waals surface area (Å²) in [5, 5.41) is 19.6. The molecule has 0 unspecified atom stereocenters. The van der Waals surface area contributed by atoms with E-state index in [4.69, 9.17) is 0 Å². The number of nitrogens with zero attached hydrogens (tertiary/aromatic N) is 7. The molecule has 4 aromatic heterocycles. The van der Waals surface area contributed by atoms with Gasteiger partial charge in [-0.2, -0.15) is 10.1 Å². The molecule has 4 aromatic rings. The van der Waals surface area contributed by atoms with Crippen molar-refractivity contribution in [1.82, 2.24) is 33.9 Å². The van der Waals surface area contributed by atoms with Crippen molar-refractivity contribution >= 4 is 5.52 Å². The number of hydrogen-bond acceptors (Lipinski definition) is 5. The minimum atomic E-state index is -0.0694. The molecule has 0 fully saturated rings. The van der Waals surface area contributed by atoms with E-state index in [1.165, 1.54) is 0 Å².